The van der Waals surface area contributed by atoms with Crippen LogP contribution in [-0.4, -0.2) is 36.5 Å². The third-order valence-electron chi connectivity index (χ3n) is 2.64. The molecule has 2 heterocycles. The number of pyridine rings is 1. The van der Waals surface area contributed by atoms with Gasteiger partial charge >= 0.3 is 0 Å². The van der Waals surface area contributed by atoms with Gasteiger partial charge in [0.2, 0.25) is 5.91 Å². The molecule has 0 bridgehead atoms. The zero-order valence-corrected chi connectivity index (χ0v) is 9.65. The highest BCUT2D eigenvalue weighted by Crippen LogP contribution is 2.27. The first-order valence-electron chi connectivity index (χ1n) is 5.13. The number of hydrogen-bond acceptors (Lipinski definition) is 4. The highest BCUT2D eigenvalue weighted by Gasteiger charge is 2.31. The van der Waals surface area contributed by atoms with Crippen LogP contribution in [0.1, 0.15) is 17.6 Å². The van der Waals surface area contributed by atoms with Gasteiger partial charge in [-0.3, -0.25) is 14.7 Å². The number of hydrogen-bond donors (Lipinski definition) is 1. The quantitative estimate of drug-likeness (QED) is 0.788. The number of nitrogens with zero attached hydrogens (tertiary/aromatic N) is 2. The minimum absolute atomic E-state index is 0.0119. The maximum absolute atomic E-state index is 11.3. The van der Waals surface area contributed by atoms with Crippen molar-refractivity contribution in [3.8, 4) is 5.75 Å². The summed E-state index contributed by atoms with van der Waals surface area (Å²) in [5.41, 5.74) is 1.67. The molecule has 5 heteroatoms. The molecule has 1 N–H and O–H groups in total. The number of methoxy groups -OCH3 is 1. The molecule has 0 aromatic carbocycles. The third-order valence-corrected chi connectivity index (χ3v) is 2.64. The Morgan fingerprint density at radius 3 is 2.88 bits per heavy atom. The van der Waals surface area contributed by atoms with Crippen LogP contribution in [0.3, 0.4) is 0 Å². The first-order chi connectivity index (χ1) is 7.61. The summed E-state index contributed by atoms with van der Waals surface area (Å²) in [4.78, 5) is 17.6. The van der Waals surface area contributed by atoms with E-state index in [-0.39, 0.29) is 12.1 Å². The topological polar surface area (TPSA) is 54.5 Å². The molecular formula is C11H15N3O2. The van der Waals surface area contributed by atoms with Gasteiger partial charge in [0.1, 0.15) is 17.6 Å². The standard InChI is InChI=1S/C11H15N3O2/c1-7-4-5-8(16-3)10(12-7)11-13-9(15)6-14(11)2/h4-5,11H,6H2,1-3H3,(H,13,15). The first-order valence-corrected chi connectivity index (χ1v) is 5.13. The van der Waals surface area contributed by atoms with E-state index >= 15 is 0 Å². The molecule has 2 rings (SSSR count). The number of nitrogens with one attached hydrogen (secondary N) is 1. The minimum Gasteiger partial charge on any atom is -0.495 e. The van der Waals surface area contributed by atoms with Gasteiger partial charge in [0.25, 0.3) is 0 Å². The van der Waals surface area contributed by atoms with Gasteiger partial charge in [0.05, 0.1) is 13.7 Å². The van der Waals surface area contributed by atoms with Crippen molar-refractivity contribution in [3.05, 3.63) is 23.5 Å². The number of carbonyl (C=O) groups excluding carboxylic acids is 1. The Balaban J connectivity index is 2.38. The highest BCUT2D eigenvalue weighted by atomic mass is 16.5. The van der Waals surface area contributed by atoms with Crippen LogP contribution >= 0.6 is 0 Å². The molecule has 1 atom stereocenters. The second-order valence-electron chi connectivity index (χ2n) is 3.93. The third kappa shape index (κ3) is 1.86. The zero-order chi connectivity index (χ0) is 11.7. The van der Waals surface area contributed by atoms with E-state index in [9.17, 15) is 4.79 Å². The Morgan fingerprint density at radius 1 is 1.56 bits per heavy atom. The normalized spacial score (nSPS) is 20.9. The van der Waals surface area contributed by atoms with Gasteiger partial charge in [0, 0.05) is 5.69 Å². The van der Waals surface area contributed by atoms with Crippen LogP contribution in [0.5, 0.6) is 5.75 Å². The average Bonchev–Trinajstić information content (AvgIpc) is 2.57. The predicted molar refractivity (Wildman–Crippen MR) is 59.0 cm³/mol. The summed E-state index contributed by atoms with van der Waals surface area (Å²) in [6.07, 6.45) is -0.192. The molecule has 16 heavy (non-hydrogen) atoms. The molecule has 1 saturated heterocycles. The van der Waals surface area contributed by atoms with Gasteiger partial charge in [-0.2, -0.15) is 0 Å². The molecule has 86 valence electrons. The second kappa shape index (κ2) is 4.09. The number of rotatable bonds is 2. The Bertz CT molecular complexity index is 420. The number of ether oxygens (including phenoxy) is 1. The summed E-state index contributed by atoms with van der Waals surface area (Å²) < 4.78 is 5.26. The van der Waals surface area contributed by atoms with E-state index in [1.165, 1.54) is 0 Å². The van der Waals surface area contributed by atoms with E-state index in [2.05, 4.69) is 10.3 Å². The number of likely N-dealkylation sites (N-methyl/N-ethyl adjacent to an activating group) is 1. The maximum Gasteiger partial charge on any atom is 0.235 e. The molecule has 1 aromatic heterocycles. The van der Waals surface area contributed by atoms with Crippen molar-refractivity contribution in [2.75, 3.05) is 20.7 Å². The van der Waals surface area contributed by atoms with Crippen LogP contribution in [0.2, 0.25) is 0 Å². The van der Waals surface area contributed by atoms with E-state index in [4.69, 9.17) is 4.74 Å². The summed E-state index contributed by atoms with van der Waals surface area (Å²) in [5.74, 6) is 0.711. The SMILES string of the molecule is COc1ccc(C)nc1C1NC(=O)CN1C. The van der Waals surface area contributed by atoms with Crippen molar-refractivity contribution >= 4 is 5.91 Å². The summed E-state index contributed by atoms with van der Waals surface area (Å²) in [6, 6.07) is 3.76. The fourth-order valence-electron chi connectivity index (χ4n) is 1.84. The van der Waals surface area contributed by atoms with Gasteiger partial charge in [-0.15, -0.1) is 0 Å². The Labute approximate surface area is 94.4 Å². The summed E-state index contributed by atoms with van der Waals surface area (Å²) in [5, 5.41) is 2.87. The van der Waals surface area contributed by atoms with E-state index < -0.39 is 0 Å². The molecule has 5 nitrogen and oxygen atoms in total. The number of aryl methyl sites for hydroxylation is 1. The van der Waals surface area contributed by atoms with Crippen molar-refractivity contribution < 1.29 is 9.53 Å². The van der Waals surface area contributed by atoms with Crippen molar-refractivity contribution in [1.29, 1.82) is 0 Å². The van der Waals surface area contributed by atoms with Crippen molar-refractivity contribution in [1.82, 2.24) is 15.2 Å². The largest absolute Gasteiger partial charge is 0.495 e. The molecule has 1 unspecified atom stereocenters. The Morgan fingerprint density at radius 2 is 2.31 bits per heavy atom. The van der Waals surface area contributed by atoms with Crippen molar-refractivity contribution in [3.63, 3.8) is 0 Å². The van der Waals surface area contributed by atoms with Crippen LogP contribution < -0.4 is 10.1 Å². The Kier molecular flexibility index (Phi) is 2.78. The summed E-state index contributed by atoms with van der Waals surface area (Å²) >= 11 is 0. The predicted octanol–water partition coefficient (Wildman–Crippen LogP) is 0.459. The molecule has 1 amide bonds. The van der Waals surface area contributed by atoms with E-state index in [0.717, 1.165) is 11.4 Å². The van der Waals surface area contributed by atoms with Crippen molar-refractivity contribution in [2.24, 2.45) is 0 Å². The second-order valence-corrected chi connectivity index (χ2v) is 3.93. The first kappa shape index (κ1) is 10.9. The molecule has 1 aromatic rings. The van der Waals surface area contributed by atoms with Gasteiger partial charge in [-0.05, 0) is 26.1 Å². The van der Waals surface area contributed by atoms with Crippen LogP contribution in [0.25, 0.3) is 0 Å². The van der Waals surface area contributed by atoms with Gasteiger partial charge in [-0.1, -0.05) is 0 Å². The molecule has 1 aliphatic rings. The van der Waals surface area contributed by atoms with Gasteiger partial charge in [-0.25, -0.2) is 0 Å². The minimum atomic E-state index is -0.192. The van der Waals surface area contributed by atoms with E-state index in [1.54, 1.807) is 7.11 Å². The smallest absolute Gasteiger partial charge is 0.235 e. The summed E-state index contributed by atoms with van der Waals surface area (Å²) in [6.45, 7) is 2.31. The number of aromatic nitrogens is 1. The lowest BCUT2D eigenvalue weighted by Gasteiger charge is -2.20. The number of carbonyl (C=O) groups is 1. The maximum atomic E-state index is 11.3. The molecule has 0 saturated carbocycles. The lowest BCUT2D eigenvalue weighted by atomic mass is 10.2. The lowest BCUT2D eigenvalue weighted by molar-refractivity contribution is -0.118. The fraction of sp³-hybridized carbons (Fsp3) is 0.455. The highest BCUT2D eigenvalue weighted by molar-refractivity contribution is 5.80. The molecule has 0 spiro atoms. The van der Waals surface area contributed by atoms with Crippen LogP contribution in [0, 0.1) is 6.92 Å². The monoisotopic (exact) mass is 221 g/mol. The zero-order valence-electron chi connectivity index (χ0n) is 9.65. The molecular weight excluding hydrogens is 206 g/mol. The van der Waals surface area contributed by atoms with Gasteiger partial charge < -0.3 is 10.1 Å². The van der Waals surface area contributed by atoms with Gasteiger partial charge in [0.15, 0.2) is 0 Å². The average molecular weight is 221 g/mol. The van der Waals surface area contributed by atoms with Crippen molar-refractivity contribution in [2.45, 2.75) is 13.1 Å². The molecule has 1 fully saturated rings. The molecule has 0 aliphatic carbocycles. The Hall–Kier alpha value is -1.62. The van der Waals surface area contributed by atoms with E-state index in [0.29, 0.717) is 12.3 Å². The van der Waals surface area contributed by atoms with E-state index in [1.807, 2.05) is 31.0 Å². The molecule has 0 radical (unpaired) electrons. The van der Waals surface area contributed by atoms with Crippen LogP contribution in [-0.2, 0) is 4.79 Å². The number of amides is 1. The van der Waals surface area contributed by atoms with Crippen LogP contribution in [0.4, 0.5) is 0 Å². The van der Waals surface area contributed by atoms with Crippen LogP contribution in [0.15, 0.2) is 12.1 Å². The molecule has 1 aliphatic heterocycles. The summed E-state index contributed by atoms with van der Waals surface area (Å²) in [7, 11) is 3.48. The fourth-order valence-corrected chi connectivity index (χ4v) is 1.84. The lowest BCUT2D eigenvalue weighted by Crippen LogP contribution is -2.26.